The lowest BCUT2D eigenvalue weighted by atomic mass is 9.84. The van der Waals surface area contributed by atoms with Crippen LogP contribution in [-0.2, 0) is 4.79 Å². The molecule has 128 valence electrons. The van der Waals surface area contributed by atoms with E-state index in [1.54, 1.807) is 0 Å². The summed E-state index contributed by atoms with van der Waals surface area (Å²) in [6, 6.07) is 7.62. The summed E-state index contributed by atoms with van der Waals surface area (Å²) in [7, 11) is 0. The van der Waals surface area contributed by atoms with Gasteiger partial charge in [0.2, 0.25) is 5.91 Å². The Morgan fingerprint density at radius 3 is 2.54 bits per heavy atom. The van der Waals surface area contributed by atoms with Gasteiger partial charge in [-0.3, -0.25) is 9.89 Å². The molecule has 0 radical (unpaired) electrons. The van der Waals surface area contributed by atoms with Crippen LogP contribution in [0.15, 0.2) is 24.3 Å². The number of aromatic amines is 1. The molecule has 1 aromatic carbocycles. The molecular weight excluding hydrogens is 326 g/mol. The summed E-state index contributed by atoms with van der Waals surface area (Å²) in [5.74, 6) is 2.46. The summed E-state index contributed by atoms with van der Waals surface area (Å²) in [4.78, 5) is 16.9. The highest BCUT2D eigenvalue weighted by Gasteiger charge is 2.49. The molecule has 1 amide bonds. The van der Waals surface area contributed by atoms with Gasteiger partial charge >= 0.3 is 0 Å². The third-order valence-corrected chi connectivity index (χ3v) is 5.29. The van der Waals surface area contributed by atoms with Gasteiger partial charge in [-0.25, -0.2) is 4.98 Å². The van der Waals surface area contributed by atoms with Crippen LogP contribution in [-0.4, -0.2) is 27.1 Å². The lowest BCUT2D eigenvalue weighted by Gasteiger charge is -2.27. The van der Waals surface area contributed by atoms with Crippen LogP contribution >= 0.6 is 12.4 Å². The molecule has 6 nitrogen and oxygen atoms in total. The lowest BCUT2D eigenvalue weighted by Crippen LogP contribution is -2.42. The second kappa shape index (κ2) is 6.53. The van der Waals surface area contributed by atoms with Crippen LogP contribution < -0.4 is 11.1 Å². The van der Waals surface area contributed by atoms with E-state index in [-0.39, 0.29) is 30.3 Å². The summed E-state index contributed by atoms with van der Waals surface area (Å²) in [5.41, 5.74) is 7.95. The Morgan fingerprint density at radius 2 is 1.96 bits per heavy atom. The summed E-state index contributed by atoms with van der Waals surface area (Å²) in [6.07, 6.45) is 3.43. The largest absolute Gasteiger partial charge is 0.327 e. The molecule has 4 atom stereocenters. The number of amides is 1. The van der Waals surface area contributed by atoms with Crippen molar-refractivity contribution in [3.63, 3.8) is 0 Å². The quantitative estimate of drug-likeness (QED) is 0.794. The molecule has 2 saturated carbocycles. The lowest BCUT2D eigenvalue weighted by molar-refractivity contribution is -0.121. The fraction of sp³-hybridized carbons (Fsp3) is 0.471. The Balaban J connectivity index is 0.00000169. The maximum Gasteiger partial charge on any atom is 0.229 e. The van der Waals surface area contributed by atoms with Crippen LogP contribution in [0, 0.1) is 24.7 Å². The number of hydrogen-bond donors (Lipinski definition) is 3. The molecular formula is C17H22ClN5O. The molecule has 2 fully saturated rings. The molecule has 2 aliphatic rings. The Bertz CT molecular complexity index is 727. The summed E-state index contributed by atoms with van der Waals surface area (Å²) < 4.78 is 0. The highest BCUT2D eigenvalue weighted by molar-refractivity contribution is 5.93. The molecule has 0 saturated heterocycles. The third kappa shape index (κ3) is 2.91. The number of H-pyrrole nitrogens is 1. The first-order valence-corrected chi connectivity index (χ1v) is 8.17. The molecule has 4 unspecified atom stereocenters. The number of benzene rings is 1. The number of rotatable bonds is 3. The topological polar surface area (TPSA) is 96.7 Å². The van der Waals surface area contributed by atoms with Gasteiger partial charge in [0, 0.05) is 17.3 Å². The first kappa shape index (κ1) is 16.9. The number of halogens is 1. The van der Waals surface area contributed by atoms with E-state index in [2.05, 4.69) is 20.5 Å². The standard InChI is InChI=1S/C17H21N5O.ClH/c1-9-19-16(22-21-9)10-4-6-13(7-5-10)20-17(23)14-11-2-3-12(8-11)15(14)18;/h4-7,11-12,14-15H,2-3,8,18H2,1H3,(H,20,23)(H,19,21,22);1H. The van der Waals surface area contributed by atoms with Crippen molar-refractivity contribution in [1.29, 1.82) is 0 Å². The van der Waals surface area contributed by atoms with Crippen molar-refractivity contribution in [2.24, 2.45) is 23.5 Å². The van der Waals surface area contributed by atoms with Crippen LogP contribution in [0.4, 0.5) is 5.69 Å². The van der Waals surface area contributed by atoms with E-state index in [0.717, 1.165) is 29.9 Å². The number of nitrogens with one attached hydrogen (secondary N) is 2. The maximum atomic E-state index is 12.6. The predicted octanol–water partition coefficient (Wildman–Crippen LogP) is 2.51. The maximum absolute atomic E-state index is 12.6. The van der Waals surface area contributed by atoms with Gasteiger partial charge < -0.3 is 11.1 Å². The van der Waals surface area contributed by atoms with Crippen molar-refractivity contribution in [3.05, 3.63) is 30.1 Å². The van der Waals surface area contributed by atoms with E-state index >= 15 is 0 Å². The average molecular weight is 348 g/mol. The fourth-order valence-electron chi connectivity index (χ4n) is 4.12. The van der Waals surface area contributed by atoms with Crippen molar-refractivity contribution in [3.8, 4) is 11.4 Å². The number of carbonyl (C=O) groups excluding carboxylic acids is 1. The number of aryl methyl sites for hydroxylation is 1. The SMILES string of the molecule is Cc1nc(-c2ccc(NC(=O)C3C4CCC(C4)C3N)cc2)n[nH]1.Cl. The molecule has 2 bridgehead atoms. The Morgan fingerprint density at radius 1 is 1.25 bits per heavy atom. The molecule has 1 aromatic heterocycles. The monoisotopic (exact) mass is 347 g/mol. The van der Waals surface area contributed by atoms with E-state index in [0.29, 0.717) is 17.7 Å². The van der Waals surface area contributed by atoms with Gasteiger partial charge in [0.25, 0.3) is 0 Å². The van der Waals surface area contributed by atoms with Crippen molar-refractivity contribution >= 4 is 24.0 Å². The first-order valence-electron chi connectivity index (χ1n) is 8.17. The molecule has 4 N–H and O–H groups in total. The molecule has 7 heteroatoms. The minimum Gasteiger partial charge on any atom is -0.327 e. The molecule has 4 rings (SSSR count). The minimum atomic E-state index is -0.0379. The summed E-state index contributed by atoms with van der Waals surface area (Å²) in [6.45, 7) is 1.86. The zero-order valence-corrected chi connectivity index (χ0v) is 14.3. The predicted molar refractivity (Wildman–Crippen MR) is 94.7 cm³/mol. The second-order valence-electron chi connectivity index (χ2n) is 6.75. The Hall–Kier alpha value is -1.92. The number of anilines is 1. The summed E-state index contributed by atoms with van der Waals surface area (Å²) >= 11 is 0. The third-order valence-electron chi connectivity index (χ3n) is 5.29. The Labute approximate surface area is 147 Å². The van der Waals surface area contributed by atoms with Crippen LogP contribution in [0.2, 0.25) is 0 Å². The summed E-state index contributed by atoms with van der Waals surface area (Å²) in [5, 5.41) is 9.98. The fourth-order valence-corrected chi connectivity index (χ4v) is 4.12. The molecule has 0 aliphatic heterocycles. The van der Waals surface area contributed by atoms with Crippen LogP contribution in [0.5, 0.6) is 0 Å². The molecule has 0 spiro atoms. The van der Waals surface area contributed by atoms with E-state index in [9.17, 15) is 4.79 Å². The second-order valence-corrected chi connectivity index (χ2v) is 6.75. The van der Waals surface area contributed by atoms with Gasteiger partial charge in [0.15, 0.2) is 5.82 Å². The van der Waals surface area contributed by atoms with Crippen LogP contribution in [0.3, 0.4) is 0 Å². The van der Waals surface area contributed by atoms with Gasteiger partial charge in [-0.2, -0.15) is 5.10 Å². The van der Waals surface area contributed by atoms with E-state index in [1.807, 2.05) is 31.2 Å². The van der Waals surface area contributed by atoms with Gasteiger partial charge in [-0.1, -0.05) is 0 Å². The normalized spacial score (nSPS) is 27.8. The van der Waals surface area contributed by atoms with Gasteiger partial charge in [-0.15, -0.1) is 12.4 Å². The van der Waals surface area contributed by atoms with Gasteiger partial charge in [0.05, 0.1) is 5.92 Å². The number of fused-ring (bicyclic) bond motifs is 2. The van der Waals surface area contributed by atoms with Crippen molar-refractivity contribution in [1.82, 2.24) is 15.2 Å². The number of aromatic nitrogens is 3. The van der Waals surface area contributed by atoms with E-state index in [1.165, 1.54) is 6.42 Å². The van der Waals surface area contributed by atoms with Gasteiger partial charge in [0.1, 0.15) is 5.82 Å². The number of nitrogens with zero attached hydrogens (tertiary/aromatic N) is 2. The Kier molecular flexibility index (Phi) is 4.60. The van der Waals surface area contributed by atoms with Crippen molar-refractivity contribution < 1.29 is 4.79 Å². The van der Waals surface area contributed by atoms with Crippen molar-refractivity contribution in [2.75, 3.05) is 5.32 Å². The zero-order valence-electron chi connectivity index (χ0n) is 13.5. The molecule has 1 heterocycles. The van der Waals surface area contributed by atoms with Crippen LogP contribution in [0.1, 0.15) is 25.1 Å². The number of hydrogen-bond acceptors (Lipinski definition) is 4. The van der Waals surface area contributed by atoms with Crippen LogP contribution in [0.25, 0.3) is 11.4 Å². The van der Waals surface area contributed by atoms with Gasteiger partial charge in [-0.05, 0) is 62.3 Å². The number of carbonyl (C=O) groups is 1. The van der Waals surface area contributed by atoms with E-state index in [4.69, 9.17) is 5.73 Å². The van der Waals surface area contributed by atoms with E-state index < -0.39 is 0 Å². The highest BCUT2D eigenvalue weighted by atomic mass is 35.5. The van der Waals surface area contributed by atoms with Crippen molar-refractivity contribution in [2.45, 2.75) is 32.2 Å². The first-order chi connectivity index (χ1) is 11.1. The number of nitrogens with two attached hydrogens (primary N) is 1. The molecule has 2 aliphatic carbocycles. The highest BCUT2D eigenvalue weighted by Crippen LogP contribution is 2.47. The molecule has 2 aromatic rings. The average Bonchev–Trinajstić information content (AvgIpc) is 3.24. The zero-order chi connectivity index (χ0) is 16.0. The minimum absolute atomic E-state index is 0. The molecule has 24 heavy (non-hydrogen) atoms. The smallest absolute Gasteiger partial charge is 0.229 e.